The van der Waals surface area contributed by atoms with Gasteiger partial charge in [-0.05, 0) is 55.0 Å². The number of rotatable bonds is 17. The molecule has 0 aliphatic rings. The summed E-state index contributed by atoms with van der Waals surface area (Å²) >= 11 is 1.40. The number of aliphatic hydroxyl groups is 1. The Balaban J connectivity index is -0.00000361. The first-order valence-electron chi connectivity index (χ1n) is 13.1. The summed E-state index contributed by atoms with van der Waals surface area (Å²) in [4.78, 5) is 34.1. The smallest absolute Gasteiger partial charge is 1.00 e. The van der Waals surface area contributed by atoms with Gasteiger partial charge in [0.2, 0.25) is 0 Å². The Morgan fingerprint density at radius 1 is 0.897 bits per heavy atom. The van der Waals surface area contributed by atoms with Crippen molar-refractivity contribution < 1.29 is 91.7 Å². The summed E-state index contributed by atoms with van der Waals surface area (Å²) in [5, 5.41) is 30.8. The van der Waals surface area contributed by atoms with Crippen LogP contribution < -0.4 is 64.4 Å². The van der Waals surface area contributed by atoms with Crippen molar-refractivity contribution >= 4 is 35.3 Å². The molecule has 39 heavy (non-hydrogen) atoms. The number of unbranched alkanes of at least 4 members (excludes halogenated alkanes) is 6. The van der Waals surface area contributed by atoms with E-state index in [1.54, 1.807) is 18.2 Å². The van der Waals surface area contributed by atoms with E-state index < -0.39 is 23.9 Å². The summed E-state index contributed by atoms with van der Waals surface area (Å²) < 4.78 is 0. The zero-order valence-electron chi connectivity index (χ0n) is 25.5. The van der Waals surface area contributed by atoms with Crippen molar-refractivity contribution in [3.8, 4) is 0 Å². The van der Waals surface area contributed by atoms with Gasteiger partial charge in [-0.2, -0.15) is 0 Å². The van der Waals surface area contributed by atoms with Gasteiger partial charge in [-0.25, -0.2) is 4.79 Å². The van der Waals surface area contributed by atoms with Crippen LogP contribution in [0.5, 0.6) is 0 Å². The molecule has 10 heteroatoms. The van der Waals surface area contributed by atoms with Crippen LogP contribution in [-0.4, -0.2) is 39.3 Å². The SMILES string of the molecule is CCCCCCCCCc1ccc(C(Sc2cccc(NC(=O)C(=O)O)c2)C(O)CCCC(=O)O)cc1.[H-].[H-].[Na+].[Na+]. The van der Waals surface area contributed by atoms with Gasteiger partial charge in [0.1, 0.15) is 0 Å². The van der Waals surface area contributed by atoms with Crippen LogP contribution in [-0.2, 0) is 20.8 Å². The molecule has 4 N–H and O–H groups in total. The Morgan fingerprint density at radius 3 is 2.15 bits per heavy atom. The second kappa shape index (κ2) is 21.8. The topological polar surface area (TPSA) is 124 Å². The molecule has 0 fully saturated rings. The molecule has 0 spiro atoms. The molecule has 0 bridgehead atoms. The normalized spacial score (nSPS) is 11.9. The Labute approximate surface area is 283 Å². The molecular weight excluding hydrogens is 536 g/mol. The Hall–Kier alpha value is -0.840. The number of thioether (sulfide) groups is 1. The van der Waals surface area contributed by atoms with Crippen molar-refractivity contribution in [2.45, 2.75) is 93.8 Å². The van der Waals surface area contributed by atoms with E-state index in [0.29, 0.717) is 18.5 Å². The van der Waals surface area contributed by atoms with Crippen molar-refractivity contribution in [3.05, 3.63) is 59.7 Å². The summed E-state index contributed by atoms with van der Waals surface area (Å²) in [5.41, 5.74) is 2.53. The van der Waals surface area contributed by atoms with Crippen LogP contribution in [0, 0.1) is 0 Å². The minimum atomic E-state index is -1.57. The molecule has 0 aromatic heterocycles. The van der Waals surface area contributed by atoms with Gasteiger partial charge in [-0.1, -0.05) is 75.8 Å². The fourth-order valence-corrected chi connectivity index (χ4v) is 5.35. The Morgan fingerprint density at radius 2 is 1.54 bits per heavy atom. The molecule has 1 amide bonds. The number of carbonyl (C=O) groups excluding carboxylic acids is 1. The number of aliphatic hydroxyl groups excluding tert-OH is 1. The van der Waals surface area contributed by atoms with E-state index in [1.165, 1.54) is 55.9 Å². The number of aliphatic carboxylic acids is 2. The summed E-state index contributed by atoms with van der Waals surface area (Å²) in [6, 6.07) is 15.0. The van der Waals surface area contributed by atoms with Crippen LogP contribution in [0.1, 0.15) is 90.4 Å². The maximum Gasteiger partial charge on any atom is 1.00 e. The number of benzene rings is 2. The van der Waals surface area contributed by atoms with Crippen LogP contribution in [0.25, 0.3) is 0 Å². The van der Waals surface area contributed by atoms with Crippen LogP contribution >= 0.6 is 11.8 Å². The van der Waals surface area contributed by atoms with Gasteiger partial charge in [-0.3, -0.25) is 9.59 Å². The Kier molecular flexibility index (Phi) is 21.4. The first-order valence-corrected chi connectivity index (χ1v) is 14.0. The maximum atomic E-state index is 11.5. The molecule has 0 saturated heterocycles. The molecule has 2 unspecified atom stereocenters. The van der Waals surface area contributed by atoms with Crippen molar-refractivity contribution in [2.24, 2.45) is 0 Å². The van der Waals surface area contributed by atoms with Crippen molar-refractivity contribution in [1.29, 1.82) is 0 Å². The van der Waals surface area contributed by atoms with Crippen molar-refractivity contribution in [3.63, 3.8) is 0 Å². The number of aryl methyl sites for hydroxylation is 1. The van der Waals surface area contributed by atoms with Gasteiger partial charge in [-0.15, -0.1) is 11.8 Å². The molecule has 0 radical (unpaired) electrons. The molecule has 2 aromatic rings. The monoisotopic (exact) mass is 577 g/mol. The average Bonchev–Trinajstić information content (AvgIpc) is 2.87. The first-order chi connectivity index (χ1) is 17.8. The van der Waals surface area contributed by atoms with E-state index in [9.17, 15) is 19.5 Å². The van der Waals surface area contributed by atoms with Gasteiger partial charge in [0, 0.05) is 17.0 Å². The number of anilines is 1. The summed E-state index contributed by atoms with van der Waals surface area (Å²) in [6.07, 6.45) is 9.73. The maximum absolute atomic E-state index is 11.5. The van der Waals surface area contributed by atoms with E-state index in [1.807, 2.05) is 18.2 Å². The fourth-order valence-electron chi connectivity index (χ4n) is 4.12. The van der Waals surface area contributed by atoms with Crippen LogP contribution in [0.3, 0.4) is 0 Å². The average molecular weight is 578 g/mol. The minimum absolute atomic E-state index is 0. The molecule has 2 atom stereocenters. The van der Waals surface area contributed by atoms with Crippen LogP contribution in [0.2, 0.25) is 0 Å². The second-order valence-electron chi connectivity index (χ2n) is 9.29. The largest absolute Gasteiger partial charge is 1.00 e. The third-order valence-corrected chi connectivity index (χ3v) is 7.53. The quantitative estimate of drug-likeness (QED) is 0.0944. The third-order valence-electron chi connectivity index (χ3n) is 6.17. The fraction of sp³-hybridized carbons (Fsp3) is 0.483. The molecule has 2 rings (SSSR count). The summed E-state index contributed by atoms with van der Waals surface area (Å²) in [7, 11) is 0. The molecule has 2 aromatic carbocycles. The van der Waals surface area contributed by atoms with Gasteiger partial charge in [0.25, 0.3) is 0 Å². The first kappa shape index (κ1) is 38.2. The zero-order chi connectivity index (χ0) is 27.0. The number of nitrogens with one attached hydrogen (secondary N) is 1. The van der Waals surface area contributed by atoms with Gasteiger partial charge in [0.05, 0.1) is 11.4 Å². The van der Waals surface area contributed by atoms with E-state index in [4.69, 9.17) is 10.2 Å². The van der Waals surface area contributed by atoms with Gasteiger partial charge in [0.15, 0.2) is 0 Å². The predicted octanol–water partition coefficient (Wildman–Crippen LogP) is 0.685. The molecule has 0 saturated carbocycles. The van der Waals surface area contributed by atoms with Crippen molar-refractivity contribution in [1.82, 2.24) is 0 Å². The molecule has 206 valence electrons. The van der Waals surface area contributed by atoms with Crippen molar-refractivity contribution in [2.75, 3.05) is 5.32 Å². The number of hydrogen-bond acceptors (Lipinski definition) is 5. The van der Waals surface area contributed by atoms with Gasteiger partial charge < -0.3 is 23.5 Å². The van der Waals surface area contributed by atoms with E-state index in [0.717, 1.165) is 23.3 Å². The minimum Gasteiger partial charge on any atom is -1.00 e. The molecular formula is C29H41NNa2O6S. The number of carbonyl (C=O) groups is 3. The summed E-state index contributed by atoms with van der Waals surface area (Å²) in [5.74, 6) is -3.58. The third kappa shape index (κ3) is 15.7. The molecule has 7 nitrogen and oxygen atoms in total. The summed E-state index contributed by atoms with van der Waals surface area (Å²) in [6.45, 7) is 2.22. The molecule has 0 aliphatic heterocycles. The number of amides is 1. The van der Waals surface area contributed by atoms with E-state index in [2.05, 4.69) is 24.4 Å². The number of carboxylic acids is 2. The Bertz CT molecular complexity index is 1020. The molecule has 0 aliphatic carbocycles. The van der Waals surface area contributed by atoms with Gasteiger partial charge >= 0.3 is 77.0 Å². The van der Waals surface area contributed by atoms with Crippen LogP contribution in [0.4, 0.5) is 5.69 Å². The molecule has 0 heterocycles. The second-order valence-corrected chi connectivity index (χ2v) is 10.5. The number of carboxylic acid groups (broad SMARTS) is 2. The number of hydrogen-bond donors (Lipinski definition) is 4. The van der Waals surface area contributed by atoms with E-state index in [-0.39, 0.29) is 73.6 Å². The van der Waals surface area contributed by atoms with E-state index >= 15 is 0 Å². The zero-order valence-corrected chi connectivity index (χ0v) is 28.3. The standard InChI is InChI=1S/C29H39NO6S.2Na.2H/c1-2-3-4-5-6-7-8-11-21-16-18-22(19-17-21)27(25(31)14-10-15-26(32)33)37-24-13-9-12-23(20-24)30-28(34)29(35)36;;;;/h9,12-13,16-20,25,27,31H,2-8,10-11,14-15H2,1H3,(H,30,34)(H,32,33)(H,35,36);;;;/q;2*+1;2*-1. The predicted molar refractivity (Wildman–Crippen MR) is 149 cm³/mol. The van der Waals surface area contributed by atoms with Crippen LogP contribution in [0.15, 0.2) is 53.4 Å².